The van der Waals surface area contributed by atoms with E-state index in [9.17, 15) is 0 Å². The van der Waals surface area contributed by atoms with Gasteiger partial charge in [0.05, 0.1) is 6.10 Å². The van der Waals surface area contributed by atoms with Crippen LogP contribution >= 0.6 is 0 Å². The van der Waals surface area contributed by atoms with Crippen molar-refractivity contribution in [2.24, 2.45) is 0 Å². The number of nitrogens with one attached hydrogen (secondary N) is 1. The zero-order chi connectivity index (χ0) is 13.8. The van der Waals surface area contributed by atoms with Crippen molar-refractivity contribution in [3.63, 3.8) is 0 Å². The van der Waals surface area contributed by atoms with Crippen LogP contribution in [0.5, 0.6) is 5.75 Å². The lowest BCUT2D eigenvalue weighted by molar-refractivity contribution is 0.302. The van der Waals surface area contributed by atoms with Crippen molar-refractivity contribution < 1.29 is 4.74 Å². The zero-order valence-corrected chi connectivity index (χ0v) is 12.6. The lowest BCUT2D eigenvalue weighted by Gasteiger charge is -2.21. The van der Waals surface area contributed by atoms with E-state index in [2.05, 4.69) is 36.5 Å². The predicted molar refractivity (Wildman–Crippen MR) is 83.4 cm³/mol. The second kappa shape index (κ2) is 6.62. The normalized spacial score (nSPS) is 27.1. The minimum absolute atomic E-state index is 0.494. The van der Waals surface area contributed by atoms with Gasteiger partial charge in [0.1, 0.15) is 5.75 Å². The molecule has 1 N–H and O–H groups in total. The minimum atomic E-state index is 0.494. The molecule has 2 nitrogen and oxygen atoms in total. The lowest BCUT2D eigenvalue weighted by atomic mass is 9.90. The van der Waals surface area contributed by atoms with Crippen LogP contribution in [0.2, 0.25) is 0 Å². The molecule has 0 bridgehead atoms. The number of rotatable bonds is 5. The molecule has 2 fully saturated rings. The number of hydrogen-bond acceptors (Lipinski definition) is 2. The molecule has 1 aromatic carbocycles. The highest BCUT2D eigenvalue weighted by Crippen LogP contribution is 2.34. The van der Waals surface area contributed by atoms with Crippen LogP contribution in [0, 0.1) is 0 Å². The third-order valence-corrected chi connectivity index (χ3v) is 4.57. The van der Waals surface area contributed by atoms with Crippen molar-refractivity contribution in [3.05, 3.63) is 29.8 Å². The Morgan fingerprint density at radius 1 is 1.15 bits per heavy atom. The topological polar surface area (TPSA) is 21.3 Å². The highest BCUT2D eigenvalue weighted by atomic mass is 16.5. The molecule has 2 atom stereocenters. The third-order valence-electron chi connectivity index (χ3n) is 4.57. The van der Waals surface area contributed by atoms with Crippen LogP contribution in [-0.4, -0.2) is 18.7 Å². The molecule has 3 rings (SSSR count). The molecule has 2 aliphatic rings. The Morgan fingerprint density at radius 2 is 2.00 bits per heavy atom. The van der Waals surface area contributed by atoms with Gasteiger partial charge in [-0.2, -0.15) is 0 Å². The summed E-state index contributed by atoms with van der Waals surface area (Å²) in [5.41, 5.74) is 1.48. The zero-order valence-electron chi connectivity index (χ0n) is 12.6. The number of hydrogen-bond donors (Lipinski definition) is 1. The van der Waals surface area contributed by atoms with Gasteiger partial charge in [-0.25, -0.2) is 0 Å². The number of ether oxygens (including phenoxy) is 1. The largest absolute Gasteiger partial charge is 0.490 e. The first kappa shape index (κ1) is 13.9. The molecule has 20 heavy (non-hydrogen) atoms. The SMILES string of the molecule is CCNC1CCCCC(c2cccc(OC3CC3)c2)C1. The average molecular weight is 273 g/mol. The van der Waals surface area contributed by atoms with E-state index in [-0.39, 0.29) is 0 Å². The van der Waals surface area contributed by atoms with Gasteiger partial charge in [-0.05, 0) is 62.3 Å². The van der Waals surface area contributed by atoms with Gasteiger partial charge in [0.25, 0.3) is 0 Å². The van der Waals surface area contributed by atoms with E-state index in [0.717, 1.165) is 12.3 Å². The van der Waals surface area contributed by atoms with Crippen LogP contribution in [-0.2, 0) is 0 Å². The van der Waals surface area contributed by atoms with Crippen molar-refractivity contribution in [1.29, 1.82) is 0 Å². The van der Waals surface area contributed by atoms with Crippen molar-refractivity contribution in [2.45, 2.75) is 69.9 Å². The Hall–Kier alpha value is -1.02. The molecule has 0 aromatic heterocycles. The van der Waals surface area contributed by atoms with E-state index in [1.165, 1.54) is 50.5 Å². The molecule has 0 radical (unpaired) electrons. The van der Waals surface area contributed by atoms with Crippen molar-refractivity contribution in [2.75, 3.05) is 6.54 Å². The quantitative estimate of drug-likeness (QED) is 0.810. The van der Waals surface area contributed by atoms with Gasteiger partial charge in [-0.3, -0.25) is 0 Å². The maximum Gasteiger partial charge on any atom is 0.119 e. The lowest BCUT2D eigenvalue weighted by Crippen LogP contribution is -2.29. The molecule has 110 valence electrons. The molecule has 2 unspecified atom stereocenters. The molecule has 0 aliphatic heterocycles. The maximum atomic E-state index is 5.95. The molecule has 2 heteroatoms. The summed E-state index contributed by atoms with van der Waals surface area (Å²) in [6.45, 7) is 3.30. The number of benzene rings is 1. The summed E-state index contributed by atoms with van der Waals surface area (Å²) < 4.78 is 5.95. The summed E-state index contributed by atoms with van der Waals surface area (Å²) in [7, 11) is 0. The highest BCUT2D eigenvalue weighted by molar-refractivity contribution is 5.31. The molecule has 0 heterocycles. The first-order valence-corrected chi connectivity index (χ1v) is 8.35. The molecular weight excluding hydrogens is 246 g/mol. The first-order valence-electron chi connectivity index (χ1n) is 8.35. The van der Waals surface area contributed by atoms with Crippen LogP contribution in [0.3, 0.4) is 0 Å². The van der Waals surface area contributed by atoms with E-state index >= 15 is 0 Å². The molecule has 0 amide bonds. The van der Waals surface area contributed by atoms with Crippen LogP contribution < -0.4 is 10.1 Å². The Balaban J connectivity index is 1.69. The summed E-state index contributed by atoms with van der Waals surface area (Å²) in [5, 5.41) is 3.65. The van der Waals surface area contributed by atoms with Crippen LogP contribution in [0.4, 0.5) is 0 Å². The predicted octanol–water partition coefficient (Wildman–Crippen LogP) is 4.25. The maximum absolute atomic E-state index is 5.95. The van der Waals surface area contributed by atoms with Crippen molar-refractivity contribution in [3.8, 4) is 5.75 Å². The van der Waals surface area contributed by atoms with E-state index in [1.807, 2.05) is 0 Å². The van der Waals surface area contributed by atoms with Gasteiger partial charge in [-0.1, -0.05) is 31.9 Å². The van der Waals surface area contributed by atoms with Gasteiger partial charge in [-0.15, -0.1) is 0 Å². The van der Waals surface area contributed by atoms with Crippen molar-refractivity contribution in [1.82, 2.24) is 5.32 Å². The van der Waals surface area contributed by atoms with E-state index in [4.69, 9.17) is 4.74 Å². The van der Waals surface area contributed by atoms with E-state index in [1.54, 1.807) is 0 Å². The Morgan fingerprint density at radius 3 is 2.80 bits per heavy atom. The fourth-order valence-corrected chi connectivity index (χ4v) is 3.36. The standard InChI is InChI=1S/C18H27NO/c1-2-19-16-8-4-3-6-14(12-16)15-7-5-9-18(13-15)20-17-10-11-17/h5,7,9,13-14,16-17,19H,2-4,6,8,10-12H2,1H3. The second-order valence-corrected chi connectivity index (χ2v) is 6.36. The summed E-state index contributed by atoms with van der Waals surface area (Å²) in [4.78, 5) is 0. The van der Waals surface area contributed by atoms with Crippen LogP contribution in [0.1, 0.15) is 63.4 Å². The fourth-order valence-electron chi connectivity index (χ4n) is 3.36. The fraction of sp³-hybridized carbons (Fsp3) is 0.667. The third kappa shape index (κ3) is 3.76. The molecule has 1 aromatic rings. The molecule has 0 spiro atoms. The summed E-state index contributed by atoms with van der Waals surface area (Å²) in [6, 6.07) is 9.55. The average Bonchev–Trinajstić information content (AvgIpc) is 3.27. The van der Waals surface area contributed by atoms with Crippen molar-refractivity contribution >= 4 is 0 Å². The second-order valence-electron chi connectivity index (χ2n) is 6.36. The molecule has 0 saturated heterocycles. The summed E-state index contributed by atoms with van der Waals surface area (Å²) in [5.74, 6) is 1.78. The van der Waals surface area contributed by atoms with E-state index in [0.29, 0.717) is 18.1 Å². The Bertz CT molecular complexity index is 427. The van der Waals surface area contributed by atoms with Gasteiger partial charge in [0.2, 0.25) is 0 Å². The Labute approximate surface area is 122 Å². The smallest absolute Gasteiger partial charge is 0.119 e. The summed E-state index contributed by atoms with van der Waals surface area (Å²) >= 11 is 0. The first-order chi connectivity index (χ1) is 9.85. The molecule has 2 saturated carbocycles. The highest BCUT2D eigenvalue weighted by Gasteiger charge is 2.24. The molecular formula is C18H27NO. The van der Waals surface area contributed by atoms with Gasteiger partial charge >= 0.3 is 0 Å². The summed E-state index contributed by atoms with van der Waals surface area (Å²) in [6.07, 6.45) is 9.63. The van der Waals surface area contributed by atoms with E-state index < -0.39 is 0 Å². The van der Waals surface area contributed by atoms with Gasteiger partial charge in [0.15, 0.2) is 0 Å². The Kier molecular flexibility index (Phi) is 4.62. The monoisotopic (exact) mass is 273 g/mol. The minimum Gasteiger partial charge on any atom is -0.490 e. The van der Waals surface area contributed by atoms with Gasteiger partial charge in [0, 0.05) is 6.04 Å². The van der Waals surface area contributed by atoms with Crippen LogP contribution in [0.25, 0.3) is 0 Å². The van der Waals surface area contributed by atoms with Crippen LogP contribution in [0.15, 0.2) is 24.3 Å². The molecule has 2 aliphatic carbocycles. The van der Waals surface area contributed by atoms with Gasteiger partial charge < -0.3 is 10.1 Å².